The highest BCUT2D eigenvalue weighted by molar-refractivity contribution is 6.37. The average Bonchev–Trinajstić information content (AvgIpc) is 2.27. The SMILES string of the molecule is CCCNc1nc(N(C)CC)c(Cl)cc1Cl. The summed E-state index contributed by atoms with van der Waals surface area (Å²) in [5.41, 5.74) is 0. The van der Waals surface area contributed by atoms with E-state index < -0.39 is 0 Å². The first-order chi connectivity index (χ1) is 7.60. The molecule has 0 aliphatic heterocycles. The molecule has 0 amide bonds. The highest BCUT2D eigenvalue weighted by Crippen LogP contribution is 2.30. The molecule has 0 fully saturated rings. The molecular formula is C11H17Cl2N3. The lowest BCUT2D eigenvalue weighted by Crippen LogP contribution is -2.18. The van der Waals surface area contributed by atoms with Gasteiger partial charge in [-0.1, -0.05) is 30.1 Å². The van der Waals surface area contributed by atoms with Gasteiger partial charge in [-0.3, -0.25) is 0 Å². The van der Waals surface area contributed by atoms with Crippen LogP contribution in [0.15, 0.2) is 6.07 Å². The summed E-state index contributed by atoms with van der Waals surface area (Å²) in [5.74, 6) is 1.45. The number of aromatic nitrogens is 1. The van der Waals surface area contributed by atoms with Gasteiger partial charge in [0.1, 0.15) is 11.6 Å². The van der Waals surface area contributed by atoms with Gasteiger partial charge in [0.15, 0.2) is 0 Å². The third-order valence-electron chi connectivity index (χ3n) is 2.29. The van der Waals surface area contributed by atoms with Crippen LogP contribution in [0.25, 0.3) is 0 Å². The Kier molecular flexibility index (Phi) is 5.16. The van der Waals surface area contributed by atoms with E-state index in [0.717, 1.165) is 25.3 Å². The van der Waals surface area contributed by atoms with Crippen molar-refractivity contribution in [1.82, 2.24) is 4.98 Å². The first-order valence-electron chi connectivity index (χ1n) is 5.41. The minimum atomic E-state index is 0.562. The maximum atomic E-state index is 6.09. The molecule has 1 aromatic heterocycles. The van der Waals surface area contributed by atoms with Crippen LogP contribution in [0, 0.1) is 0 Å². The number of hydrogen-bond donors (Lipinski definition) is 1. The minimum Gasteiger partial charge on any atom is -0.369 e. The molecule has 1 aromatic rings. The van der Waals surface area contributed by atoms with Gasteiger partial charge in [-0.15, -0.1) is 0 Å². The molecule has 0 atom stereocenters. The Hall–Kier alpha value is -0.670. The van der Waals surface area contributed by atoms with Crippen molar-refractivity contribution in [3.8, 4) is 0 Å². The summed E-state index contributed by atoms with van der Waals surface area (Å²) in [5, 5.41) is 4.32. The van der Waals surface area contributed by atoms with Crippen molar-refractivity contribution >= 4 is 34.8 Å². The van der Waals surface area contributed by atoms with Gasteiger partial charge in [0.25, 0.3) is 0 Å². The van der Waals surface area contributed by atoms with Crippen LogP contribution in [0.4, 0.5) is 11.6 Å². The van der Waals surface area contributed by atoms with Crippen molar-refractivity contribution in [3.63, 3.8) is 0 Å². The molecule has 0 radical (unpaired) electrons. The van der Waals surface area contributed by atoms with Crippen LogP contribution >= 0.6 is 23.2 Å². The van der Waals surface area contributed by atoms with E-state index in [1.165, 1.54) is 0 Å². The predicted molar refractivity (Wildman–Crippen MR) is 72.0 cm³/mol. The van der Waals surface area contributed by atoms with E-state index in [4.69, 9.17) is 23.2 Å². The second kappa shape index (κ2) is 6.16. The zero-order valence-electron chi connectivity index (χ0n) is 9.85. The molecule has 0 bridgehead atoms. The van der Waals surface area contributed by atoms with Gasteiger partial charge in [0.2, 0.25) is 0 Å². The highest BCUT2D eigenvalue weighted by atomic mass is 35.5. The van der Waals surface area contributed by atoms with Gasteiger partial charge in [0, 0.05) is 20.1 Å². The standard InChI is InChI=1S/C11H17Cl2N3/c1-4-6-14-10-8(12)7-9(13)11(15-10)16(3)5-2/h7H,4-6H2,1-3H3,(H,14,15). The van der Waals surface area contributed by atoms with E-state index in [1.54, 1.807) is 6.07 Å². The fourth-order valence-electron chi connectivity index (χ4n) is 1.24. The summed E-state index contributed by atoms with van der Waals surface area (Å²) >= 11 is 12.1. The number of hydrogen-bond acceptors (Lipinski definition) is 3. The molecule has 0 aliphatic carbocycles. The van der Waals surface area contributed by atoms with Crippen molar-refractivity contribution in [1.29, 1.82) is 0 Å². The van der Waals surface area contributed by atoms with Gasteiger partial charge in [-0.05, 0) is 19.4 Å². The molecule has 1 rings (SSSR count). The van der Waals surface area contributed by atoms with Gasteiger partial charge in [-0.25, -0.2) is 4.98 Å². The molecule has 1 heterocycles. The van der Waals surface area contributed by atoms with Crippen molar-refractivity contribution < 1.29 is 0 Å². The Labute approximate surface area is 107 Å². The fourth-order valence-corrected chi connectivity index (χ4v) is 1.81. The molecule has 0 aromatic carbocycles. The second-order valence-electron chi connectivity index (χ2n) is 3.57. The van der Waals surface area contributed by atoms with E-state index in [9.17, 15) is 0 Å². The van der Waals surface area contributed by atoms with Crippen LogP contribution < -0.4 is 10.2 Å². The lowest BCUT2D eigenvalue weighted by Gasteiger charge is -2.18. The summed E-state index contributed by atoms with van der Waals surface area (Å²) in [7, 11) is 1.95. The number of nitrogens with zero attached hydrogens (tertiary/aromatic N) is 2. The van der Waals surface area contributed by atoms with Gasteiger partial charge in [0.05, 0.1) is 10.0 Å². The quantitative estimate of drug-likeness (QED) is 0.877. The molecule has 90 valence electrons. The third kappa shape index (κ3) is 3.16. The number of anilines is 2. The Morgan fingerprint density at radius 1 is 1.31 bits per heavy atom. The largest absolute Gasteiger partial charge is 0.369 e. The van der Waals surface area contributed by atoms with Crippen LogP contribution in [0.3, 0.4) is 0 Å². The van der Waals surface area contributed by atoms with Crippen LogP contribution in [-0.4, -0.2) is 25.1 Å². The van der Waals surface area contributed by atoms with Gasteiger partial charge < -0.3 is 10.2 Å². The third-order valence-corrected chi connectivity index (χ3v) is 2.86. The van der Waals surface area contributed by atoms with E-state index in [2.05, 4.69) is 17.2 Å². The first kappa shape index (κ1) is 13.4. The summed E-state index contributed by atoms with van der Waals surface area (Å²) in [6, 6.07) is 1.73. The molecule has 16 heavy (non-hydrogen) atoms. The molecule has 0 saturated heterocycles. The fraction of sp³-hybridized carbons (Fsp3) is 0.545. The Balaban J connectivity index is 3.01. The number of rotatable bonds is 5. The molecule has 3 nitrogen and oxygen atoms in total. The summed E-state index contributed by atoms with van der Waals surface area (Å²) in [6.07, 6.45) is 1.03. The Morgan fingerprint density at radius 2 is 2.00 bits per heavy atom. The Bertz CT molecular complexity index is 355. The smallest absolute Gasteiger partial charge is 0.149 e. The molecule has 0 saturated carbocycles. The summed E-state index contributed by atoms with van der Waals surface area (Å²) in [4.78, 5) is 6.41. The molecular weight excluding hydrogens is 245 g/mol. The van der Waals surface area contributed by atoms with Crippen LogP contribution in [0.2, 0.25) is 10.0 Å². The minimum absolute atomic E-state index is 0.562. The normalized spacial score (nSPS) is 10.3. The first-order valence-corrected chi connectivity index (χ1v) is 6.16. The summed E-state index contributed by atoms with van der Waals surface area (Å²) in [6.45, 7) is 5.84. The lowest BCUT2D eigenvalue weighted by atomic mass is 10.4. The van der Waals surface area contributed by atoms with E-state index in [1.807, 2.05) is 18.9 Å². The Morgan fingerprint density at radius 3 is 2.56 bits per heavy atom. The number of nitrogens with one attached hydrogen (secondary N) is 1. The molecule has 0 spiro atoms. The van der Waals surface area contributed by atoms with E-state index >= 15 is 0 Å². The van der Waals surface area contributed by atoms with Crippen molar-refractivity contribution in [2.45, 2.75) is 20.3 Å². The van der Waals surface area contributed by atoms with Crippen LogP contribution in [0.5, 0.6) is 0 Å². The zero-order chi connectivity index (χ0) is 12.1. The van der Waals surface area contributed by atoms with Crippen molar-refractivity contribution in [3.05, 3.63) is 16.1 Å². The van der Waals surface area contributed by atoms with E-state index in [-0.39, 0.29) is 0 Å². The average molecular weight is 262 g/mol. The zero-order valence-corrected chi connectivity index (χ0v) is 11.4. The molecule has 0 unspecified atom stereocenters. The number of pyridine rings is 1. The molecule has 1 N–H and O–H groups in total. The van der Waals surface area contributed by atoms with E-state index in [0.29, 0.717) is 15.9 Å². The highest BCUT2D eigenvalue weighted by Gasteiger charge is 2.11. The predicted octanol–water partition coefficient (Wildman–Crippen LogP) is 3.67. The molecule has 0 aliphatic rings. The summed E-state index contributed by atoms with van der Waals surface area (Å²) < 4.78 is 0. The lowest BCUT2D eigenvalue weighted by molar-refractivity contribution is 0.928. The van der Waals surface area contributed by atoms with Gasteiger partial charge >= 0.3 is 0 Å². The maximum Gasteiger partial charge on any atom is 0.149 e. The van der Waals surface area contributed by atoms with Crippen molar-refractivity contribution in [2.24, 2.45) is 0 Å². The second-order valence-corrected chi connectivity index (χ2v) is 4.38. The van der Waals surface area contributed by atoms with Crippen LogP contribution in [0.1, 0.15) is 20.3 Å². The maximum absolute atomic E-state index is 6.09. The van der Waals surface area contributed by atoms with Crippen molar-refractivity contribution in [2.75, 3.05) is 30.4 Å². The monoisotopic (exact) mass is 261 g/mol. The number of halogens is 2. The topological polar surface area (TPSA) is 28.2 Å². The van der Waals surface area contributed by atoms with Crippen LogP contribution in [-0.2, 0) is 0 Å². The van der Waals surface area contributed by atoms with Gasteiger partial charge in [-0.2, -0.15) is 0 Å². The molecule has 5 heteroatoms.